The summed E-state index contributed by atoms with van der Waals surface area (Å²) in [6.45, 7) is 4.56. The number of aromatic amines is 1. The summed E-state index contributed by atoms with van der Waals surface area (Å²) < 4.78 is 0. The number of nitrogens with two attached hydrogens (primary N) is 1. The molecule has 0 saturated carbocycles. The molecular weight excluding hydrogens is 264 g/mol. The standard InChI is InChI=1S/C12H20N4O2S/c1-3-4-5-6-14-11(18)8(2)19-12-15-9(13)7-10(17)16-12/h7-8H,3-6H2,1-2H3,(H,14,18)(H3,13,15,16,17). The number of unbranched alkanes of at least 4 members (excludes halogenated alkanes) is 2. The molecule has 1 amide bonds. The number of hydrogen-bond donors (Lipinski definition) is 3. The van der Waals surface area contributed by atoms with Gasteiger partial charge in [0.05, 0.1) is 5.25 Å². The fourth-order valence-electron chi connectivity index (χ4n) is 1.46. The van der Waals surface area contributed by atoms with Crippen LogP contribution in [0.1, 0.15) is 33.1 Å². The van der Waals surface area contributed by atoms with Crippen LogP contribution in [0.15, 0.2) is 16.0 Å². The lowest BCUT2D eigenvalue weighted by atomic mass is 10.2. The number of hydrogen-bond acceptors (Lipinski definition) is 5. The average molecular weight is 284 g/mol. The smallest absolute Gasteiger partial charge is 0.253 e. The van der Waals surface area contributed by atoms with Crippen LogP contribution in [0, 0.1) is 0 Å². The second-order valence-corrected chi connectivity index (χ2v) is 5.56. The van der Waals surface area contributed by atoms with Crippen LogP contribution >= 0.6 is 11.8 Å². The van der Waals surface area contributed by atoms with Crippen molar-refractivity contribution in [2.45, 2.75) is 43.5 Å². The number of H-pyrrole nitrogens is 1. The van der Waals surface area contributed by atoms with Crippen molar-refractivity contribution >= 4 is 23.5 Å². The highest BCUT2D eigenvalue weighted by atomic mass is 32.2. The van der Waals surface area contributed by atoms with E-state index in [0.29, 0.717) is 11.7 Å². The van der Waals surface area contributed by atoms with Crippen molar-refractivity contribution in [2.75, 3.05) is 12.3 Å². The maximum absolute atomic E-state index is 11.8. The normalized spacial score (nSPS) is 12.1. The number of carbonyl (C=O) groups is 1. The third-order valence-electron chi connectivity index (χ3n) is 2.48. The van der Waals surface area contributed by atoms with Crippen LogP contribution in [-0.4, -0.2) is 27.7 Å². The van der Waals surface area contributed by atoms with Gasteiger partial charge in [0.2, 0.25) is 5.91 Å². The Hall–Kier alpha value is -1.50. The number of nitrogens with one attached hydrogen (secondary N) is 2. The van der Waals surface area contributed by atoms with Crippen LogP contribution < -0.4 is 16.6 Å². The molecule has 0 bridgehead atoms. The van der Waals surface area contributed by atoms with E-state index in [0.717, 1.165) is 19.3 Å². The molecule has 0 aromatic carbocycles. The minimum atomic E-state index is -0.327. The molecule has 1 atom stereocenters. The second kappa shape index (κ2) is 7.83. The van der Waals surface area contributed by atoms with Crippen molar-refractivity contribution in [3.05, 3.63) is 16.4 Å². The lowest BCUT2D eigenvalue weighted by molar-refractivity contribution is -0.120. The Morgan fingerprint density at radius 1 is 1.58 bits per heavy atom. The molecule has 0 aliphatic rings. The first-order chi connectivity index (χ1) is 9.02. The Kier molecular flexibility index (Phi) is 6.41. The van der Waals surface area contributed by atoms with Gasteiger partial charge in [-0.25, -0.2) is 4.98 Å². The fourth-order valence-corrected chi connectivity index (χ4v) is 2.30. The zero-order chi connectivity index (χ0) is 14.3. The predicted octanol–water partition coefficient (Wildman–Crippen LogP) is 1.14. The average Bonchev–Trinajstić information content (AvgIpc) is 2.33. The molecule has 1 unspecified atom stereocenters. The first-order valence-corrected chi connectivity index (χ1v) is 7.22. The van der Waals surface area contributed by atoms with Crippen molar-refractivity contribution in [1.29, 1.82) is 0 Å². The Labute approximate surface area is 116 Å². The molecular formula is C12H20N4O2S. The third kappa shape index (κ3) is 5.78. The number of anilines is 1. The van der Waals surface area contributed by atoms with E-state index in [9.17, 15) is 9.59 Å². The second-order valence-electron chi connectivity index (χ2n) is 4.23. The summed E-state index contributed by atoms with van der Waals surface area (Å²) in [6, 6.07) is 1.21. The highest BCUT2D eigenvalue weighted by Gasteiger charge is 2.15. The lowest BCUT2D eigenvalue weighted by Crippen LogP contribution is -2.31. The van der Waals surface area contributed by atoms with Crippen molar-refractivity contribution < 1.29 is 4.79 Å². The van der Waals surface area contributed by atoms with Gasteiger partial charge in [0, 0.05) is 12.6 Å². The summed E-state index contributed by atoms with van der Waals surface area (Å²) >= 11 is 1.19. The van der Waals surface area contributed by atoms with E-state index >= 15 is 0 Å². The van der Waals surface area contributed by atoms with Crippen molar-refractivity contribution in [2.24, 2.45) is 0 Å². The Bertz CT molecular complexity index is 475. The van der Waals surface area contributed by atoms with E-state index < -0.39 is 0 Å². The molecule has 19 heavy (non-hydrogen) atoms. The largest absolute Gasteiger partial charge is 0.383 e. The molecule has 1 rings (SSSR count). The lowest BCUT2D eigenvalue weighted by Gasteiger charge is -2.11. The van der Waals surface area contributed by atoms with Crippen LogP contribution in [0.4, 0.5) is 5.82 Å². The molecule has 0 spiro atoms. The first kappa shape index (κ1) is 15.6. The zero-order valence-corrected chi connectivity index (χ0v) is 12.0. The number of carbonyl (C=O) groups excluding carboxylic acids is 1. The van der Waals surface area contributed by atoms with Gasteiger partial charge in [-0.05, 0) is 13.3 Å². The maximum Gasteiger partial charge on any atom is 0.253 e. The van der Waals surface area contributed by atoms with E-state index in [1.807, 2.05) is 0 Å². The predicted molar refractivity (Wildman–Crippen MR) is 77.1 cm³/mol. The van der Waals surface area contributed by atoms with Crippen molar-refractivity contribution in [3.8, 4) is 0 Å². The molecule has 4 N–H and O–H groups in total. The fraction of sp³-hybridized carbons (Fsp3) is 0.583. The van der Waals surface area contributed by atoms with Crippen LogP contribution in [0.5, 0.6) is 0 Å². The molecule has 0 aliphatic carbocycles. The Morgan fingerprint density at radius 2 is 2.32 bits per heavy atom. The van der Waals surface area contributed by atoms with Gasteiger partial charge >= 0.3 is 0 Å². The molecule has 1 aromatic rings. The summed E-state index contributed by atoms with van der Waals surface area (Å²) in [5.74, 6) is 0.0907. The van der Waals surface area contributed by atoms with Crippen LogP contribution in [0.2, 0.25) is 0 Å². The van der Waals surface area contributed by atoms with Gasteiger partial charge in [0.15, 0.2) is 5.16 Å². The van der Waals surface area contributed by atoms with E-state index in [-0.39, 0.29) is 22.5 Å². The number of aromatic nitrogens is 2. The molecule has 0 aliphatic heterocycles. The molecule has 1 aromatic heterocycles. The zero-order valence-electron chi connectivity index (χ0n) is 11.2. The summed E-state index contributed by atoms with van der Waals surface area (Å²) in [7, 11) is 0. The molecule has 0 saturated heterocycles. The Morgan fingerprint density at radius 3 is 2.95 bits per heavy atom. The van der Waals surface area contributed by atoms with Crippen LogP contribution in [0.3, 0.4) is 0 Å². The van der Waals surface area contributed by atoms with E-state index in [1.54, 1.807) is 6.92 Å². The summed E-state index contributed by atoms with van der Waals surface area (Å²) in [5, 5.41) is 2.89. The van der Waals surface area contributed by atoms with E-state index in [1.165, 1.54) is 17.8 Å². The van der Waals surface area contributed by atoms with Gasteiger partial charge in [0.25, 0.3) is 5.56 Å². The van der Waals surface area contributed by atoms with Gasteiger partial charge in [-0.1, -0.05) is 31.5 Å². The van der Waals surface area contributed by atoms with Crippen molar-refractivity contribution in [1.82, 2.24) is 15.3 Å². The van der Waals surface area contributed by atoms with Gasteiger partial charge in [-0.2, -0.15) is 0 Å². The summed E-state index contributed by atoms with van der Waals surface area (Å²) in [5.41, 5.74) is 5.17. The number of rotatable bonds is 7. The number of amides is 1. The number of nitrogens with zero attached hydrogens (tertiary/aromatic N) is 1. The monoisotopic (exact) mass is 284 g/mol. The third-order valence-corrected chi connectivity index (χ3v) is 3.46. The van der Waals surface area contributed by atoms with Gasteiger partial charge in [-0.3, -0.25) is 9.59 Å². The molecule has 106 valence electrons. The first-order valence-electron chi connectivity index (χ1n) is 6.34. The van der Waals surface area contributed by atoms with E-state index in [2.05, 4.69) is 22.2 Å². The highest BCUT2D eigenvalue weighted by molar-refractivity contribution is 8.00. The minimum absolute atomic E-state index is 0.0637. The number of nitrogen functional groups attached to an aromatic ring is 1. The molecule has 6 nitrogen and oxygen atoms in total. The van der Waals surface area contributed by atoms with Crippen LogP contribution in [0.25, 0.3) is 0 Å². The van der Waals surface area contributed by atoms with Crippen molar-refractivity contribution in [3.63, 3.8) is 0 Å². The highest BCUT2D eigenvalue weighted by Crippen LogP contribution is 2.18. The minimum Gasteiger partial charge on any atom is -0.383 e. The molecule has 1 heterocycles. The van der Waals surface area contributed by atoms with Gasteiger partial charge < -0.3 is 16.0 Å². The summed E-state index contributed by atoms with van der Waals surface area (Å²) in [6.07, 6.45) is 3.20. The molecule has 7 heteroatoms. The van der Waals surface area contributed by atoms with Crippen LogP contribution in [-0.2, 0) is 4.79 Å². The van der Waals surface area contributed by atoms with Gasteiger partial charge in [-0.15, -0.1) is 0 Å². The molecule has 0 fully saturated rings. The maximum atomic E-state index is 11.8. The summed E-state index contributed by atoms with van der Waals surface area (Å²) in [4.78, 5) is 29.5. The quantitative estimate of drug-likeness (QED) is 0.396. The topological polar surface area (TPSA) is 101 Å². The molecule has 0 radical (unpaired) electrons. The number of thioether (sulfide) groups is 1. The van der Waals surface area contributed by atoms with Gasteiger partial charge in [0.1, 0.15) is 5.82 Å². The SMILES string of the molecule is CCCCCNC(=O)C(C)Sc1nc(N)cc(=O)[nH]1. The van der Waals surface area contributed by atoms with E-state index in [4.69, 9.17) is 5.73 Å². The Balaban J connectivity index is 2.47.